The molecule has 1 N–H and O–H groups in total. The summed E-state index contributed by atoms with van der Waals surface area (Å²) in [6.07, 6.45) is 0. The lowest BCUT2D eigenvalue weighted by Crippen LogP contribution is -2.06. The van der Waals surface area contributed by atoms with Gasteiger partial charge in [0.1, 0.15) is 5.88 Å². The quantitative estimate of drug-likeness (QED) is 0.848. The summed E-state index contributed by atoms with van der Waals surface area (Å²) < 4.78 is 5.28. The molecule has 2 rings (SSSR count). The molecule has 17 heavy (non-hydrogen) atoms. The van der Waals surface area contributed by atoms with Gasteiger partial charge in [-0.2, -0.15) is 0 Å². The van der Waals surface area contributed by atoms with Gasteiger partial charge in [-0.1, -0.05) is 34.9 Å². The van der Waals surface area contributed by atoms with Gasteiger partial charge in [0.25, 0.3) is 0 Å². The smallest absolute Gasteiger partial charge is 0.315 e. The number of alkyl halides is 1. The third-order valence-corrected chi connectivity index (χ3v) is 2.73. The van der Waals surface area contributed by atoms with E-state index in [0.717, 1.165) is 0 Å². The summed E-state index contributed by atoms with van der Waals surface area (Å²) in [6.45, 7) is 4.10. The summed E-state index contributed by atoms with van der Waals surface area (Å²) in [6, 6.07) is 8.81. The van der Waals surface area contributed by atoms with Crippen molar-refractivity contribution in [2.24, 2.45) is 0 Å². The first-order valence-electron chi connectivity index (χ1n) is 5.40. The number of hydrogen-bond donors (Lipinski definition) is 1. The van der Waals surface area contributed by atoms with Crippen molar-refractivity contribution in [2.75, 3.05) is 5.32 Å². The number of nitrogens with one attached hydrogen (secondary N) is 1. The van der Waals surface area contributed by atoms with Gasteiger partial charge in [0.15, 0.2) is 0 Å². The Hall–Kier alpha value is -1.55. The predicted octanol–water partition coefficient (Wildman–Crippen LogP) is 3.29. The number of benzene rings is 1. The van der Waals surface area contributed by atoms with Gasteiger partial charge in [-0.05, 0) is 19.4 Å². The molecule has 1 aromatic heterocycles. The molecule has 0 aliphatic rings. The van der Waals surface area contributed by atoms with E-state index in [2.05, 4.69) is 46.7 Å². The third-order valence-electron chi connectivity index (χ3n) is 2.50. The van der Waals surface area contributed by atoms with Crippen LogP contribution in [0, 0.1) is 6.92 Å². The zero-order chi connectivity index (χ0) is 12.3. The van der Waals surface area contributed by atoms with Gasteiger partial charge in [-0.3, -0.25) is 0 Å². The van der Waals surface area contributed by atoms with Gasteiger partial charge >= 0.3 is 6.01 Å². The first-order chi connectivity index (χ1) is 8.19. The van der Waals surface area contributed by atoms with E-state index >= 15 is 0 Å². The highest BCUT2D eigenvalue weighted by Gasteiger charge is 2.09. The average molecular weight is 252 g/mol. The molecule has 4 nitrogen and oxygen atoms in total. The predicted molar refractivity (Wildman–Crippen MR) is 67.1 cm³/mol. The number of rotatable bonds is 4. The molecule has 0 spiro atoms. The van der Waals surface area contributed by atoms with Crippen LogP contribution >= 0.6 is 11.6 Å². The summed E-state index contributed by atoms with van der Waals surface area (Å²) in [7, 11) is 0. The summed E-state index contributed by atoms with van der Waals surface area (Å²) >= 11 is 5.59. The van der Waals surface area contributed by atoms with Crippen LogP contribution < -0.4 is 5.32 Å². The van der Waals surface area contributed by atoms with E-state index in [-0.39, 0.29) is 11.9 Å². The zero-order valence-electron chi connectivity index (χ0n) is 9.77. The van der Waals surface area contributed by atoms with Crippen molar-refractivity contribution in [3.63, 3.8) is 0 Å². The van der Waals surface area contributed by atoms with Crippen molar-refractivity contribution in [2.45, 2.75) is 25.8 Å². The minimum atomic E-state index is 0.110. The molecule has 0 saturated heterocycles. The Kier molecular flexibility index (Phi) is 3.64. The Morgan fingerprint density at radius 2 is 2.00 bits per heavy atom. The molecule has 0 bridgehead atoms. The molecule has 2 aromatic rings. The fourth-order valence-corrected chi connectivity index (χ4v) is 1.60. The molecule has 1 unspecified atom stereocenters. The molecule has 0 amide bonds. The average Bonchev–Trinajstić information content (AvgIpc) is 2.77. The molecule has 0 saturated carbocycles. The molecular weight excluding hydrogens is 238 g/mol. The highest BCUT2D eigenvalue weighted by atomic mass is 35.5. The summed E-state index contributed by atoms with van der Waals surface area (Å²) in [4.78, 5) is 0. The molecule has 90 valence electrons. The van der Waals surface area contributed by atoms with Crippen LogP contribution in [0.4, 0.5) is 6.01 Å². The number of nitrogens with zero attached hydrogens (tertiary/aromatic N) is 2. The molecule has 5 heteroatoms. The topological polar surface area (TPSA) is 51.0 Å². The molecule has 0 aliphatic carbocycles. The maximum atomic E-state index is 5.59. The maximum Gasteiger partial charge on any atom is 0.315 e. The monoisotopic (exact) mass is 251 g/mol. The molecule has 0 radical (unpaired) electrons. The minimum absolute atomic E-state index is 0.110. The van der Waals surface area contributed by atoms with Crippen LogP contribution in [0.5, 0.6) is 0 Å². The third kappa shape index (κ3) is 2.97. The molecule has 0 fully saturated rings. The highest BCUT2D eigenvalue weighted by Crippen LogP contribution is 2.18. The maximum absolute atomic E-state index is 5.59. The van der Waals surface area contributed by atoms with Gasteiger partial charge in [0.05, 0.1) is 6.04 Å². The van der Waals surface area contributed by atoms with Crippen LogP contribution in [0.15, 0.2) is 28.7 Å². The standard InChI is InChI=1S/C12H14ClN3O/c1-8-3-5-10(6-4-8)9(2)14-12-16-15-11(7-13)17-12/h3-6,9H,7H2,1-2H3,(H,14,16). The SMILES string of the molecule is Cc1ccc(C(C)Nc2nnc(CCl)o2)cc1. The zero-order valence-corrected chi connectivity index (χ0v) is 10.5. The molecule has 1 heterocycles. The summed E-state index contributed by atoms with van der Waals surface area (Å²) in [5.41, 5.74) is 2.41. The Balaban J connectivity index is 2.05. The second-order valence-electron chi connectivity index (χ2n) is 3.91. The fraction of sp³-hybridized carbons (Fsp3) is 0.333. The van der Waals surface area contributed by atoms with E-state index in [1.165, 1.54) is 11.1 Å². The van der Waals surface area contributed by atoms with Crippen LogP contribution in [0.1, 0.15) is 30.0 Å². The van der Waals surface area contributed by atoms with Crippen molar-refractivity contribution in [1.29, 1.82) is 0 Å². The number of anilines is 1. The highest BCUT2D eigenvalue weighted by molar-refractivity contribution is 6.16. The van der Waals surface area contributed by atoms with Crippen LogP contribution in [0.3, 0.4) is 0 Å². The first-order valence-corrected chi connectivity index (χ1v) is 5.94. The first kappa shape index (κ1) is 11.9. The largest absolute Gasteiger partial charge is 0.407 e. The number of halogens is 1. The molecule has 1 atom stereocenters. The van der Waals surface area contributed by atoms with Crippen LogP contribution in [-0.2, 0) is 5.88 Å². The summed E-state index contributed by atoms with van der Waals surface area (Å²) in [5, 5.41) is 10.8. The van der Waals surface area contributed by atoms with Gasteiger partial charge in [0.2, 0.25) is 5.89 Å². The van der Waals surface area contributed by atoms with Gasteiger partial charge < -0.3 is 9.73 Å². The van der Waals surface area contributed by atoms with Gasteiger partial charge in [-0.25, -0.2) is 0 Å². The second kappa shape index (κ2) is 5.19. The Morgan fingerprint density at radius 1 is 1.29 bits per heavy atom. The van der Waals surface area contributed by atoms with Crippen molar-refractivity contribution in [3.8, 4) is 0 Å². The lowest BCUT2D eigenvalue weighted by molar-refractivity contribution is 0.520. The van der Waals surface area contributed by atoms with Crippen molar-refractivity contribution in [3.05, 3.63) is 41.3 Å². The van der Waals surface area contributed by atoms with Crippen molar-refractivity contribution < 1.29 is 4.42 Å². The fourth-order valence-electron chi connectivity index (χ4n) is 1.49. The Bertz CT molecular complexity index is 481. The Morgan fingerprint density at radius 3 is 2.59 bits per heavy atom. The Labute approximate surface area is 105 Å². The van der Waals surface area contributed by atoms with Crippen LogP contribution in [0.25, 0.3) is 0 Å². The van der Waals surface area contributed by atoms with E-state index in [1.54, 1.807) is 0 Å². The van der Waals surface area contributed by atoms with E-state index in [1.807, 2.05) is 6.92 Å². The number of aryl methyl sites for hydroxylation is 1. The van der Waals surface area contributed by atoms with E-state index in [9.17, 15) is 0 Å². The second-order valence-corrected chi connectivity index (χ2v) is 4.18. The van der Waals surface area contributed by atoms with Crippen LogP contribution in [0.2, 0.25) is 0 Å². The van der Waals surface area contributed by atoms with Gasteiger partial charge in [0, 0.05) is 0 Å². The number of aromatic nitrogens is 2. The normalized spacial score (nSPS) is 12.4. The van der Waals surface area contributed by atoms with Crippen molar-refractivity contribution >= 4 is 17.6 Å². The van der Waals surface area contributed by atoms with E-state index < -0.39 is 0 Å². The van der Waals surface area contributed by atoms with Gasteiger partial charge in [-0.15, -0.1) is 16.7 Å². The van der Waals surface area contributed by atoms with E-state index in [4.69, 9.17) is 16.0 Å². The van der Waals surface area contributed by atoms with E-state index in [0.29, 0.717) is 11.9 Å². The lowest BCUT2D eigenvalue weighted by atomic mass is 10.1. The number of hydrogen-bond acceptors (Lipinski definition) is 4. The molecule has 0 aliphatic heterocycles. The summed E-state index contributed by atoms with van der Waals surface area (Å²) in [5.74, 6) is 0.651. The lowest BCUT2D eigenvalue weighted by Gasteiger charge is -2.12. The molecule has 1 aromatic carbocycles. The molecular formula is C12H14ClN3O. The minimum Gasteiger partial charge on any atom is -0.407 e. The van der Waals surface area contributed by atoms with Crippen LogP contribution in [-0.4, -0.2) is 10.2 Å². The van der Waals surface area contributed by atoms with Crippen molar-refractivity contribution in [1.82, 2.24) is 10.2 Å².